The van der Waals surface area contributed by atoms with Gasteiger partial charge in [0.1, 0.15) is 0 Å². The molecular formula is C23H27N3O. The van der Waals surface area contributed by atoms with Crippen LogP contribution >= 0.6 is 0 Å². The first-order valence-corrected chi connectivity index (χ1v) is 9.22. The maximum Gasteiger partial charge on any atom is 0.227 e. The van der Waals surface area contributed by atoms with Crippen molar-refractivity contribution in [2.24, 2.45) is 0 Å². The average molecular weight is 361 g/mol. The van der Waals surface area contributed by atoms with Gasteiger partial charge in [0, 0.05) is 44.5 Å². The Hall–Kier alpha value is -2.88. The second kappa shape index (κ2) is 7.78. The molecule has 1 heterocycles. The van der Waals surface area contributed by atoms with E-state index in [1.807, 2.05) is 46.3 Å². The number of hydrogen-bond donors (Lipinski definition) is 0. The predicted molar refractivity (Wildman–Crippen MR) is 112 cm³/mol. The van der Waals surface area contributed by atoms with Gasteiger partial charge in [-0.05, 0) is 48.7 Å². The molecule has 4 heteroatoms. The highest BCUT2D eigenvalue weighted by atomic mass is 16.2. The first-order chi connectivity index (χ1) is 12.9. The van der Waals surface area contributed by atoms with Gasteiger partial charge in [0.25, 0.3) is 0 Å². The van der Waals surface area contributed by atoms with E-state index in [0.717, 1.165) is 39.0 Å². The van der Waals surface area contributed by atoms with Crippen LogP contribution in [0, 0.1) is 13.8 Å². The summed E-state index contributed by atoms with van der Waals surface area (Å²) in [5, 5.41) is 1.12. The third kappa shape index (κ3) is 4.11. The van der Waals surface area contributed by atoms with Crippen molar-refractivity contribution in [3.8, 4) is 0 Å². The number of likely N-dealkylation sites (N-methyl/N-ethyl adjacent to an activating group) is 1. The number of para-hydroxylation sites is 1. The number of nitrogens with zero attached hydrogens (tertiary/aromatic N) is 3. The normalized spacial score (nSPS) is 10.9. The molecule has 0 unspecified atom stereocenters. The minimum Gasteiger partial charge on any atom is -0.378 e. The van der Waals surface area contributed by atoms with Crippen LogP contribution in [0.5, 0.6) is 0 Å². The van der Waals surface area contributed by atoms with Crippen LogP contribution in [0.1, 0.15) is 22.4 Å². The summed E-state index contributed by atoms with van der Waals surface area (Å²) in [6, 6.07) is 16.4. The summed E-state index contributed by atoms with van der Waals surface area (Å²) >= 11 is 0. The van der Waals surface area contributed by atoms with Gasteiger partial charge < -0.3 is 9.80 Å². The molecule has 0 bridgehead atoms. The van der Waals surface area contributed by atoms with E-state index in [2.05, 4.69) is 47.1 Å². The Labute approximate surface area is 161 Å². The zero-order chi connectivity index (χ0) is 19.6. The van der Waals surface area contributed by atoms with E-state index >= 15 is 0 Å². The molecule has 0 spiro atoms. The number of hydrogen-bond acceptors (Lipinski definition) is 3. The van der Waals surface area contributed by atoms with Crippen LogP contribution < -0.4 is 4.90 Å². The van der Waals surface area contributed by atoms with Crippen LogP contribution in [0.25, 0.3) is 10.9 Å². The molecule has 0 saturated heterocycles. The van der Waals surface area contributed by atoms with E-state index in [-0.39, 0.29) is 5.91 Å². The number of aromatic nitrogens is 1. The largest absolute Gasteiger partial charge is 0.378 e. The third-order valence-corrected chi connectivity index (χ3v) is 5.11. The molecule has 0 aliphatic carbocycles. The molecule has 0 fully saturated rings. The SMILES string of the molecule is Cc1nc2ccccc2c(C)c1CC(=O)N(C)Cc1ccc(N(C)C)cc1. The summed E-state index contributed by atoms with van der Waals surface area (Å²) in [4.78, 5) is 21.4. The highest BCUT2D eigenvalue weighted by molar-refractivity contribution is 5.86. The highest BCUT2D eigenvalue weighted by Crippen LogP contribution is 2.23. The molecule has 0 atom stereocenters. The Bertz CT molecular complexity index is 961. The van der Waals surface area contributed by atoms with E-state index in [1.54, 1.807) is 4.90 Å². The molecule has 1 amide bonds. The summed E-state index contributed by atoms with van der Waals surface area (Å²) in [6.45, 7) is 4.67. The van der Waals surface area contributed by atoms with Crippen molar-refractivity contribution in [3.05, 3.63) is 70.9 Å². The molecule has 4 nitrogen and oxygen atoms in total. The van der Waals surface area contributed by atoms with E-state index in [4.69, 9.17) is 0 Å². The van der Waals surface area contributed by atoms with Crippen molar-refractivity contribution in [1.82, 2.24) is 9.88 Å². The standard InChI is InChI=1S/C23H27N3O/c1-16-20-8-6-7-9-22(20)24-17(2)21(16)14-23(27)26(5)15-18-10-12-19(13-11-18)25(3)4/h6-13H,14-15H2,1-5H3. The zero-order valence-corrected chi connectivity index (χ0v) is 16.8. The summed E-state index contributed by atoms with van der Waals surface area (Å²) in [5.41, 5.74) is 6.38. The van der Waals surface area contributed by atoms with E-state index in [9.17, 15) is 4.79 Å². The lowest BCUT2D eigenvalue weighted by molar-refractivity contribution is -0.129. The molecule has 3 aromatic rings. The molecule has 0 saturated carbocycles. The van der Waals surface area contributed by atoms with Gasteiger partial charge in [-0.1, -0.05) is 30.3 Å². The molecular weight excluding hydrogens is 334 g/mol. The lowest BCUT2D eigenvalue weighted by atomic mass is 9.99. The molecule has 140 valence electrons. The second-order valence-corrected chi connectivity index (χ2v) is 7.31. The average Bonchev–Trinajstić information content (AvgIpc) is 2.65. The first-order valence-electron chi connectivity index (χ1n) is 9.22. The molecule has 0 radical (unpaired) electrons. The van der Waals surface area contributed by atoms with Crippen molar-refractivity contribution in [2.75, 3.05) is 26.0 Å². The van der Waals surface area contributed by atoms with Crippen molar-refractivity contribution in [1.29, 1.82) is 0 Å². The molecule has 0 aliphatic heterocycles. The van der Waals surface area contributed by atoms with Gasteiger partial charge in [-0.2, -0.15) is 0 Å². The molecule has 2 aromatic carbocycles. The third-order valence-electron chi connectivity index (χ3n) is 5.11. The van der Waals surface area contributed by atoms with Crippen LogP contribution in [0.2, 0.25) is 0 Å². The van der Waals surface area contributed by atoms with Crippen molar-refractivity contribution >= 4 is 22.5 Å². The van der Waals surface area contributed by atoms with Gasteiger partial charge in [0.05, 0.1) is 11.9 Å². The van der Waals surface area contributed by atoms with Gasteiger partial charge in [-0.25, -0.2) is 0 Å². The van der Waals surface area contributed by atoms with Gasteiger partial charge in [0.2, 0.25) is 5.91 Å². The number of benzene rings is 2. The van der Waals surface area contributed by atoms with Gasteiger partial charge >= 0.3 is 0 Å². The number of anilines is 1. The van der Waals surface area contributed by atoms with Crippen LogP contribution in [-0.4, -0.2) is 36.9 Å². The zero-order valence-electron chi connectivity index (χ0n) is 16.8. The smallest absolute Gasteiger partial charge is 0.227 e. The van der Waals surface area contributed by atoms with Crippen LogP contribution in [0.3, 0.4) is 0 Å². The Morgan fingerprint density at radius 1 is 0.963 bits per heavy atom. The van der Waals surface area contributed by atoms with E-state index in [0.29, 0.717) is 13.0 Å². The Morgan fingerprint density at radius 3 is 2.30 bits per heavy atom. The van der Waals surface area contributed by atoms with Crippen molar-refractivity contribution < 1.29 is 4.79 Å². The molecule has 27 heavy (non-hydrogen) atoms. The molecule has 0 aliphatic rings. The number of carbonyl (C=O) groups excluding carboxylic acids is 1. The minimum absolute atomic E-state index is 0.106. The first kappa shape index (κ1) is 18.9. The predicted octanol–water partition coefficient (Wildman–Crippen LogP) is 4.12. The summed E-state index contributed by atoms with van der Waals surface area (Å²) in [6.07, 6.45) is 0.377. The monoisotopic (exact) mass is 361 g/mol. The Balaban J connectivity index is 1.75. The van der Waals surface area contributed by atoms with Crippen molar-refractivity contribution in [2.45, 2.75) is 26.8 Å². The van der Waals surface area contributed by atoms with E-state index < -0.39 is 0 Å². The number of pyridine rings is 1. The van der Waals surface area contributed by atoms with E-state index in [1.165, 1.54) is 0 Å². The quantitative estimate of drug-likeness (QED) is 0.686. The summed E-state index contributed by atoms with van der Waals surface area (Å²) in [5.74, 6) is 0.106. The number of rotatable bonds is 5. The number of fused-ring (bicyclic) bond motifs is 1. The van der Waals surface area contributed by atoms with Crippen molar-refractivity contribution in [3.63, 3.8) is 0 Å². The maximum atomic E-state index is 12.8. The van der Waals surface area contributed by atoms with Gasteiger partial charge in [-0.3, -0.25) is 9.78 Å². The Kier molecular flexibility index (Phi) is 5.45. The molecule has 0 N–H and O–H groups in total. The summed E-state index contributed by atoms with van der Waals surface area (Å²) < 4.78 is 0. The molecule has 3 rings (SSSR count). The fourth-order valence-corrected chi connectivity index (χ4v) is 3.38. The number of amides is 1. The van der Waals surface area contributed by atoms with Crippen LogP contribution in [0.15, 0.2) is 48.5 Å². The summed E-state index contributed by atoms with van der Waals surface area (Å²) in [7, 11) is 5.90. The second-order valence-electron chi connectivity index (χ2n) is 7.31. The Morgan fingerprint density at radius 2 is 1.63 bits per heavy atom. The fourth-order valence-electron chi connectivity index (χ4n) is 3.38. The van der Waals surface area contributed by atoms with Crippen LogP contribution in [0.4, 0.5) is 5.69 Å². The van der Waals surface area contributed by atoms with Crippen LogP contribution in [-0.2, 0) is 17.8 Å². The lowest BCUT2D eigenvalue weighted by Gasteiger charge is -2.20. The number of aryl methyl sites for hydroxylation is 2. The van der Waals surface area contributed by atoms with Gasteiger partial charge in [0.15, 0.2) is 0 Å². The number of carbonyl (C=O) groups is 1. The highest BCUT2D eigenvalue weighted by Gasteiger charge is 2.16. The van der Waals surface area contributed by atoms with Gasteiger partial charge in [-0.15, -0.1) is 0 Å². The maximum absolute atomic E-state index is 12.8. The molecule has 1 aromatic heterocycles. The minimum atomic E-state index is 0.106. The topological polar surface area (TPSA) is 36.4 Å². The fraction of sp³-hybridized carbons (Fsp3) is 0.304. The lowest BCUT2D eigenvalue weighted by Crippen LogP contribution is -2.28.